The molecule has 0 bridgehead atoms. The molecule has 1 atom stereocenters. The van der Waals surface area contributed by atoms with Crippen molar-refractivity contribution in [1.82, 2.24) is 0 Å². The summed E-state index contributed by atoms with van der Waals surface area (Å²) in [5, 5.41) is 0.208. The van der Waals surface area contributed by atoms with Gasteiger partial charge in [-0.05, 0) is 11.3 Å². The summed E-state index contributed by atoms with van der Waals surface area (Å²) < 4.78 is 88.7. The molecule has 9 heteroatoms. The summed E-state index contributed by atoms with van der Waals surface area (Å²) in [7, 11) is -2.85. The number of halogens is 6. The summed E-state index contributed by atoms with van der Waals surface area (Å²) in [5.41, 5.74) is -4.35. The largest absolute Gasteiger partial charge is 0.429 e. The lowest BCUT2D eigenvalue weighted by molar-refractivity contribution is -0.343. The van der Waals surface area contributed by atoms with Crippen molar-refractivity contribution in [3.8, 4) is 0 Å². The van der Waals surface area contributed by atoms with E-state index in [0.717, 1.165) is 13.2 Å². The van der Waals surface area contributed by atoms with Crippen molar-refractivity contribution in [2.45, 2.75) is 24.0 Å². The predicted molar refractivity (Wildman–Crippen MR) is 68.7 cm³/mol. The highest BCUT2D eigenvalue weighted by molar-refractivity contribution is 6.81. The van der Waals surface area contributed by atoms with Gasteiger partial charge < -0.3 is 8.85 Å². The van der Waals surface area contributed by atoms with Crippen LogP contribution < -0.4 is 5.19 Å². The van der Waals surface area contributed by atoms with Gasteiger partial charge in [0.2, 0.25) is 0 Å². The topological polar surface area (TPSA) is 18.5 Å². The average Bonchev–Trinajstić information content (AvgIpc) is 2.46. The molecule has 0 spiro atoms. The quantitative estimate of drug-likeness (QED) is 0.466. The van der Waals surface area contributed by atoms with Crippen molar-refractivity contribution in [3.63, 3.8) is 0 Å². The predicted octanol–water partition coefficient (Wildman–Crippen LogP) is 3.43. The Labute approximate surface area is 123 Å². The molecule has 2 rings (SSSR count). The van der Waals surface area contributed by atoms with Gasteiger partial charge in [0.15, 0.2) is 0 Å². The maximum Gasteiger partial charge on any atom is 0.429 e. The molecule has 1 aromatic carbocycles. The fourth-order valence-electron chi connectivity index (χ4n) is 2.29. The first kappa shape index (κ1) is 17.0. The molecular formula is C13H12F6O2Si. The molecule has 0 aromatic heterocycles. The Morgan fingerprint density at radius 3 is 2.05 bits per heavy atom. The van der Waals surface area contributed by atoms with Crippen molar-refractivity contribution in [2.75, 3.05) is 7.11 Å². The second-order valence-electron chi connectivity index (χ2n) is 4.76. The van der Waals surface area contributed by atoms with Gasteiger partial charge in [0.25, 0.3) is 5.60 Å². The van der Waals surface area contributed by atoms with Crippen LogP contribution in [0.5, 0.6) is 0 Å². The minimum atomic E-state index is -5.65. The van der Waals surface area contributed by atoms with Gasteiger partial charge in [0.05, 0.1) is 0 Å². The van der Waals surface area contributed by atoms with Crippen molar-refractivity contribution >= 4 is 13.7 Å². The van der Waals surface area contributed by atoms with Gasteiger partial charge in [0.1, 0.15) is 0 Å². The van der Waals surface area contributed by atoms with E-state index in [0.29, 0.717) is 0 Å². The van der Waals surface area contributed by atoms with Crippen LogP contribution >= 0.6 is 0 Å². The Hall–Kier alpha value is -1.32. The molecule has 0 amide bonds. The lowest BCUT2D eigenvalue weighted by Gasteiger charge is -2.44. The Morgan fingerprint density at radius 1 is 1.05 bits per heavy atom. The number of hydrogen-bond donors (Lipinski definition) is 0. The molecular weight excluding hydrogens is 330 g/mol. The standard InChI is InChI=1S/C13H12F6O2Si/c1-20-22(10-6-3-2-4-7-10)9-5-8-11(21-22,12(14,15)16)13(17,18)19/h2-8H,9H2,1H3. The molecule has 0 saturated heterocycles. The minimum absolute atomic E-state index is 0.0280. The average molecular weight is 342 g/mol. The molecule has 0 saturated carbocycles. The minimum Gasteiger partial charge on any atom is -0.394 e. The third-order valence-electron chi connectivity index (χ3n) is 3.45. The van der Waals surface area contributed by atoms with E-state index in [1.165, 1.54) is 24.3 Å². The van der Waals surface area contributed by atoms with Crippen LogP contribution in [0.4, 0.5) is 26.3 Å². The first-order valence-electron chi connectivity index (χ1n) is 6.20. The van der Waals surface area contributed by atoms with E-state index in [-0.39, 0.29) is 17.3 Å². The summed E-state index contributed by atoms with van der Waals surface area (Å²) >= 11 is 0. The highest BCUT2D eigenvalue weighted by Crippen LogP contribution is 2.50. The van der Waals surface area contributed by atoms with Gasteiger partial charge in [0, 0.05) is 13.2 Å². The summed E-state index contributed by atoms with van der Waals surface area (Å²) in [6, 6.07) is 7.29. The summed E-state index contributed by atoms with van der Waals surface area (Å²) in [5.74, 6) is 0. The molecule has 22 heavy (non-hydrogen) atoms. The molecule has 2 nitrogen and oxygen atoms in total. The Kier molecular flexibility index (Phi) is 4.18. The lowest BCUT2D eigenvalue weighted by atomic mass is 10.0. The Morgan fingerprint density at radius 2 is 1.59 bits per heavy atom. The van der Waals surface area contributed by atoms with Crippen molar-refractivity contribution < 1.29 is 35.2 Å². The van der Waals surface area contributed by atoms with Gasteiger partial charge in [-0.25, -0.2) is 0 Å². The normalized spacial score (nSPS) is 25.2. The fourth-order valence-corrected chi connectivity index (χ4v) is 5.16. The van der Waals surface area contributed by atoms with Crippen LogP contribution in [0.3, 0.4) is 0 Å². The number of allylic oxidation sites excluding steroid dienone is 1. The Bertz CT molecular complexity index is 540. The first-order valence-corrected chi connectivity index (χ1v) is 8.22. The Balaban J connectivity index is 2.58. The highest BCUT2D eigenvalue weighted by Gasteiger charge is 2.74. The third-order valence-corrected chi connectivity index (χ3v) is 6.75. The maximum atomic E-state index is 13.2. The monoisotopic (exact) mass is 342 g/mol. The zero-order valence-corrected chi connectivity index (χ0v) is 12.3. The number of hydrogen-bond acceptors (Lipinski definition) is 2. The van der Waals surface area contributed by atoms with Crippen molar-refractivity contribution in [3.05, 3.63) is 42.5 Å². The molecule has 0 fully saturated rings. The van der Waals surface area contributed by atoms with Crippen LogP contribution in [0, 0.1) is 0 Å². The van der Waals surface area contributed by atoms with Crippen LogP contribution in [-0.4, -0.2) is 33.6 Å². The first-order chi connectivity index (χ1) is 10.1. The zero-order valence-electron chi connectivity index (χ0n) is 11.3. The molecule has 1 unspecified atom stereocenters. The van der Waals surface area contributed by atoms with Crippen molar-refractivity contribution in [2.24, 2.45) is 0 Å². The van der Waals surface area contributed by atoms with Crippen LogP contribution in [0.1, 0.15) is 0 Å². The van der Waals surface area contributed by atoms with Gasteiger partial charge in [-0.15, -0.1) is 0 Å². The van der Waals surface area contributed by atoms with Gasteiger partial charge in [-0.1, -0.05) is 36.4 Å². The van der Waals surface area contributed by atoms with E-state index in [2.05, 4.69) is 0 Å². The molecule has 1 heterocycles. The van der Waals surface area contributed by atoms with Gasteiger partial charge in [-0.3, -0.25) is 0 Å². The van der Waals surface area contributed by atoms with Crippen LogP contribution in [0.2, 0.25) is 6.04 Å². The van der Waals surface area contributed by atoms with E-state index in [9.17, 15) is 26.3 Å². The fraction of sp³-hybridized carbons (Fsp3) is 0.385. The summed E-state index contributed by atoms with van der Waals surface area (Å²) in [6.07, 6.45) is -10.4. The van der Waals surface area contributed by atoms with E-state index >= 15 is 0 Å². The highest BCUT2D eigenvalue weighted by atomic mass is 28.4. The number of benzene rings is 1. The molecule has 0 aliphatic carbocycles. The maximum absolute atomic E-state index is 13.2. The molecule has 122 valence electrons. The second-order valence-corrected chi connectivity index (χ2v) is 7.87. The van der Waals surface area contributed by atoms with Gasteiger partial charge in [-0.2, -0.15) is 26.3 Å². The summed E-state index contributed by atoms with van der Waals surface area (Å²) in [4.78, 5) is 0. The second kappa shape index (κ2) is 5.39. The lowest BCUT2D eigenvalue weighted by Crippen LogP contribution is -2.68. The van der Waals surface area contributed by atoms with E-state index in [4.69, 9.17) is 8.85 Å². The van der Waals surface area contributed by atoms with E-state index in [1.807, 2.05) is 0 Å². The number of alkyl halides is 6. The van der Waals surface area contributed by atoms with E-state index < -0.39 is 26.5 Å². The molecule has 0 radical (unpaired) electrons. The van der Waals surface area contributed by atoms with Crippen molar-refractivity contribution in [1.29, 1.82) is 0 Å². The number of rotatable bonds is 2. The smallest absolute Gasteiger partial charge is 0.394 e. The molecule has 1 aliphatic rings. The van der Waals surface area contributed by atoms with Gasteiger partial charge >= 0.3 is 20.9 Å². The van der Waals surface area contributed by atoms with E-state index in [1.54, 1.807) is 6.07 Å². The zero-order chi connectivity index (χ0) is 16.6. The van der Waals surface area contributed by atoms with Crippen LogP contribution in [0.25, 0.3) is 0 Å². The summed E-state index contributed by atoms with van der Waals surface area (Å²) in [6.45, 7) is 0. The molecule has 0 N–H and O–H groups in total. The third kappa shape index (κ3) is 2.57. The molecule has 1 aromatic rings. The molecule has 1 aliphatic heterocycles. The SMILES string of the molecule is CO[Si]1(c2ccccc2)CC=CC(C(F)(F)F)(C(F)(F)F)O1. The van der Waals surface area contributed by atoms with Crippen LogP contribution in [-0.2, 0) is 8.85 Å². The van der Waals surface area contributed by atoms with Crippen LogP contribution in [0.15, 0.2) is 42.5 Å².